The number of rotatable bonds is 5. The van der Waals surface area contributed by atoms with Crippen LogP contribution in [-0.2, 0) is 4.79 Å². The highest BCUT2D eigenvalue weighted by Gasteiger charge is 2.27. The van der Waals surface area contributed by atoms with Crippen molar-refractivity contribution in [1.82, 2.24) is 0 Å². The van der Waals surface area contributed by atoms with E-state index in [9.17, 15) is 9.90 Å². The Kier molecular flexibility index (Phi) is 4.50. The predicted octanol–water partition coefficient (Wildman–Crippen LogP) is 2.06. The zero-order valence-electron chi connectivity index (χ0n) is 9.39. The molecule has 1 aromatic carbocycles. The molecule has 0 aliphatic rings. The van der Waals surface area contributed by atoms with Gasteiger partial charge < -0.3 is 10.2 Å². The Morgan fingerprint density at radius 3 is 2.56 bits per heavy atom. The van der Waals surface area contributed by atoms with Gasteiger partial charge in [0.15, 0.2) is 0 Å². The Balaban J connectivity index is 3.03. The van der Waals surface area contributed by atoms with Crippen LogP contribution in [0.5, 0.6) is 0 Å². The molecule has 2 atom stereocenters. The summed E-state index contributed by atoms with van der Waals surface area (Å²) < 4.78 is 0. The van der Waals surface area contributed by atoms with E-state index in [2.05, 4.69) is 6.92 Å². The molecule has 0 fully saturated rings. The molecule has 1 aromatic rings. The average Bonchev–Trinajstić information content (AvgIpc) is 2.21. The third kappa shape index (κ3) is 2.83. The van der Waals surface area contributed by atoms with Crippen LogP contribution in [0.4, 0.5) is 0 Å². The highest BCUT2D eigenvalue weighted by atomic mass is 16.4. The third-order valence-corrected chi connectivity index (χ3v) is 2.81. The predicted molar refractivity (Wildman–Crippen MR) is 62.1 cm³/mol. The van der Waals surface area contributed by atoms with Crippen LogP contribution in [0.1, 0.15) is 30.4 Å². The van der Waals surface area contributed by atoms with Crippen LogP contribution in [0, 0.1) is 12.8 Å². The molecule has 2 N–H and O–H groups in total. The van der Waals surface area contributed by atoms with Crippen LogP contribution in [-0.4, -0.2) is 22.8 Å². The molecule has 3 heteroatoms. The Hall–Kier alpha value is -1.35. The minimum absolute atomic E-state index is 0.00422. The van der Waals surface area contributed by atoms with Gasteiger partial charge in [-0.15, -0.1) is 0 Å². The lowest BCUT2D eigenvalue weighted by Gasteiger charge is -2.21. The van der Waals surface area contributed by atoms with Crippen LogP contribution in [0.25, 0.3) is 0 Å². The van der Waals surface area contributed by atoms with Gasteiger partial charge in [0.2, 0.25) is 0 Å². The lowest BCUT2D eigenvalue weighted by molar-refractivity contribution is -0.140. The highest BCUT2D eigenvalue weighted by molar-refractivity contribution is 5.77. The molecular weight excluding hydrogens is 204 g/mol. The molecular formula is C13H17O3. The second kappa shape index (κ2) is 5.66. The first-order chi connectivity index (χ1) is 7.57. The smallest absolute Gasteiger partial charge is 0.311 e. The van der Waals surface area contributed by atoms with E-state index in [1.807, 2.05) is 19.1 Å². The summed E-state index contributed by atoms with van der Waals surface area (Å²) in [6.45, 7) is 5.68. The second-order valence-electron chi connectivity index (χ2n) is 4.00. The third-order valence-electron chi connectivity index (χ3n) is 2.81. The molecule has 16 heavy (non-hydrogen) atoms. The van der Waals surface area contributed by atoms with Crippen molar-refractivity contribution < 1.29 is 15.0 Å². The van der Waals surface area contributed by atoms with E-state index in [0.29, 0.717) is 6.42 Å². The molecule has 0 bridgehead atoms. The Morgan fingerprint density at radius 1 is 1.44 bits per heavy atom. The van der Waals surface area contributed by atoms with Gasteiger partial charge in [0.1, 0.15) is 0 Å². The molecule has 87 valence electrons. The van der Waals surface area contributed by atoms with Gasteiger partial charge in [-0.05, 0) is 30.4 Å². The van der Waals surface area contributed by atoms with E-state index in [4.69, 9.17) is 5.11 Å². The molecule has 0 aromatic heterocycles. The minimum Gasteiger partial charge on any atom is -0.481 e. The molecule has 2 unspecified atom stereocenters. The first-order valence-electron chi connectivity index (χ1n) is 5.32. The van der Waals surface area contributed by atoms with Gasteiger partial charge in [-0.1, -0.05) is 31.2 Å². The van der Waals surface area contributed by atoms with Crippen molar-refractivity contribution in [3.8, 4) is 0 Å². The molecule has 0 aliphatic heterocycles. The maximum Gasteiger partial charge on any atom is 0.311 e. The summed E-state index contributed by atoms with van der Waals surface area (Å²) in [5, 5.41) is 18.1. The quantitative estimate of drug-likeness (QED) is 0.800. The monoisotopic (exact) mass is 221 g/mol. The number of carbonyl (C=O) groups is 1. The number of aliphatic hydroxyl groups is 1. The zero-order chi connectivity index (χ0) is 12.1. The standard InChI is InChI=1S/C13H17O3/c1-9-5-3-4-6-11(9)12(13(15)16)10(2)7-8-14/h3-6,10,12,14H,1,7-8H2,2H3,(H,15,16). The highest BCUT2D eigenvalue weighted by Crippen LogP contribution is 2.29. The van der Waals surface area contributed by atoms with Crippen molar-refractivity contribution in [3.63, 3.8) is 0 Å². The summed E-state index contributed by atoms with van der Waals surface area (Å²) in [6, 6.07) is 7.24. The topological polar surface area (TPSA) is 57.5 Å². The minimum atomic E-state index is -0.864. The lowest BCUT2D eigenvalue weighted by atomic mass is 9.83. The molecule has 0 spiro atoms. The van der Waals surface area contributed by atoms with Crippen molar-refractivity contribution in [2.24, 2.45) is 5.92 Å². The summed E-state index contributed by atoms with van der Waals surface area (Å²) in [5.41, 5.74) is 1.47. The molecule has 1 radical (unpaired) electrons. The van der Waals surface area contributed by atoms with E-state index >= 15 is 0 Å². The Morgan fingerprint density at radius 2 is 2.06 bits per heavy atom. The lowest BCUT2D eigenvalue weighted by Crippen LogP contribution is -2.21. The molecule has 0 saturated carbocycles. The van der Waals surface area contributed by atoms with E-state index in [-0.39, 0.29) is 12.5 Å². The van der Waals surface area contributed by atoms with Crippen molar-refractivity contribution >= 4 is 5.97 Å². The Labute approximate surface area is 95.7 Å². The van der Waals surface area contributed by atoms with Crippen LogP contribution < -0.4 is 0 Å². The summed E-state index contributed by atoms with van der Waals surface area (Å²) in [6.07, 6.45) is 0.477. The van der Waals surface area contributed by atoms with Gasteiger partial charge in [0, 0.05) is 6.61 Å². The van der Waals surface area contributed by atoms with Crippen LogP contribution in [0.2, 0.25) is 0 Å². The number of carboxylic acid groups (broad SMARTS) is 1. The van der Waals surface area contributed by atoms with Gasteiger partial charge in [-0.2, -0.15) is 0 Å². The number of aliphatic carboxylic acids is 1. The van der Waals surface area contributed by atoms with E-state index < -0.39 is 11.9 Å². The fourth-order valence-corrected chi connectivity index (χ4v) is 1.89. The van der Waals surface area contributed by atoms with Gasteiger partial charge in [0.25, 0.3) is 0 Å². The first kappa shape index (κ1) is 12.7. The maximum absolute atomic E-state index is 11.3. The maximum atomic E-state index is 11.3. The zero-order valence-corrected chi connectivity index (χ0v) is 9.39. The summed E-state index contributed by atoms with van der Waals surface area (Å²) in [4.78, 5) is 11.3. The van der Waals surface area contributed by atoms with E-state index in [1.165, 1.54) is 0 Å². The van der Waals surface area contributed by atoms with Gasteiger partial charge in [-0.3, -0.25) is 4.79 Å². The van der Waals surface area contributed by atoms with Crippen LogP contribution in [0.15, 0.2) is 24.3 Å². The van der Waals surface area contributed by atoms with Crippen LogP contribution >= 0.6 is 0 Å². The first-order valence-corrected chi connectivity index (χ1v) is 5.32. The fraction of sp³-hybridized carbons (Fsp3) is 0.385. The number of aliphatic hydroxyl groups excluding tert-OH is 1. The molecule has 1 rings (SSSR count). The summed E-state index contributed by atoms with van der Waals surface area (Å²) >= 11 is 0. The Bertz CT molecular complexity index is 360. The van der Waals surface area contributed by atoms with Crippen LogP contribution in [0.3, 0.4) is 0 Å². The SMILES string of the molecule is [CH2]c1ccccc1C(C(=O)O)C(C)CCO. The molecule has 0 heterocycles. The van der Waals surface area contributed by atoms with Crippen molar-refractivity contribution in [2.45, 2.75) is 19.3 Å². The largest absolute Gasteiger partial charge is 0.481 e. The number of hydrogen-bond donors (Lipinski definition) is 2. The summed E-state index contributed by atoms with van der Waals surface area (Å²) in [5.74, 6) is -1.57. The number of carboxylic acids is 1. The summed E-state index contributed by atoms with van der Waals surface area (Å²) in [7, 11) is 0. The molecule has 0 aliphatic carbocycles. The van der Waals surface area contributed by atoms with E-state index in [1.54, 1.807) is 12.1 Å². The van der Waals surface area contributed by atoms with E-state index in [0.717, 1.165) is 11.1 Å². The average molecular weight is 221 g/mol. The van der Waals surface area contributed by atoms with Crippen molar-refractivity contribution in [3.05, 3.63) is 42.3 Å². The van der Waals surface area contributed by atoms with Crippen molar-refractivity contribution in [1.29, 1.82) is 0 Å². The van der Waals surface area contributed by atoms with Gasteiger partial charge >= 0.3 is 5.97 Å². The van der Waals surface area contributed by atoms with Gasteiger partial charge in [-0.25, -0.2) is 0 Å². The van der Waals surface area contributed by atoms with Crippen molar-refractivity contribution in [2.75, 3.05) is 6.61 Å². The number of benzene rings is 1. The molecule has 0 saturated heterocycles. The normalized spacial score (nSPS) is 14.4. The number of hydrogen-bond acceptors (Lipinski definition) is 2. The second-order valence-corrected chi connectivity index (χ2v) is 4.00. The van der Waals surface area contributed by atoms with Gasteiger partial charge in [0.05, 0.1) is 5.92 Å². The fourth-order valence-electron chi connectivity index (χ4n) is 1.89. The molecule has 3 nitrogen and oxygen atoms in total. The molecule has 0 amide bonds.